The van der Waals surface area contributed by atoms with Gasteiger partial charge < -0.3 is 14.0 Å². The van der Waals surface area contributed by atoms with Crippen molar-refractivity contribution >= 4 is 10.0 Å². The highest BCUT2D eigenvalue weighted by Gasteiger charge is 2.32. The van der Waals surface area contributed by atoms with Crippen LogP contribution in [0.2, 0.25) is 0 Å². The molecule has 0 aliphatic carbocycles. The van der Waals surface area contributed by atoms with E-state index in [0.717, 1.165) is 24.2 Å². The van der Waals surface area contributed by atoms with E-state index >= 15 is 0 Å². The van der Waals surface area contributed by atoms with E-state index in [1.807, 2.05) is 25.3 Å². The van der Waals surface area contributed by atoms with Gasteiger partial charge in [0.05, 0.1) is 13.7 Å². The fourth-order valence-corrected chi connectivity index (χ4v) is 5.04. The first-order valence-electron chi connectivity index (χ1n) is 8.73. The fraction of sp³-hybridized carbons (Fsp3) is 0.474. The fourth-order valence-electron chi connectivity index (χ4n) is 3.42. The minimum absolute atomic E-state index is 0.190. The number of rotatable bonds is 6. The number of benzene rings is 1. The zero-order chi connectivity index (χ0) is 18.7. The van der Waals surface area contributed by atoms with Crippen LogP contribution in [-0.4, -0.2) is 44.7 Å². The van der Waals surface area contributed by atoms with Gasteiger partial charge >= 0.3 is 0 Å². The molecule has 26 heavy (non-hydrogen) atoms. The quantitative estimate of drug-likeness (QED) is 0.775. The summed E-state index contributed by atoms with van der Waals surface area (Å²) < 4.78 is 41.0. The van der Waals surface area contributed by atoms with E-state index in [0.29, 0.717) is 25.4 Å². The molecule has 0 bridgehead atoms. The number of ether oxygens (including phenoxy) is 2. The molecule has 1 aromatic carbocycles. The first-order chi connectivity index (χ1) is 12.5. The minimum Gasteiger partial charge on any atom is -0.495 e. The molecule has 1 aliphatic heterocycles. The van der Waals surface area contributed by atoms with Crippen LogP contribution in [0.1, 0.15) is 17.7 Å². The zero-order valence-electron chi connectivity index (χ0n) is 15.5. The molecule has 0 spiro atoms. The van der Waals surface area contributed by atoms with Gasteiger partial charge in [-0.1, -0.05) is 6.07 Å². The number of aryl methyl sites for hydroxylation is 1. The molecule has 1 aliphatic rings. The van der Waals surface area contributed by atoms with Crippen molar-refractivity contribution in [3.63, 3.8) is 0 Å². The van der Waals surface area contributed by atoms with Crippen LogP contribution >= 0.6 is 0 Å². The van der Waals surface area contributed by atoms with E-state index in [1.54, 1.807) is 29.6 Å². The van der Waals surface area contributed by atoms with Crippen molar-refractivity contribution in [2.45, 2.75) is 31.3 Å². The van der Waals surface area contributed by atoms with Gasteiger partial charge in [0.25, 0.3) is 0 Å². The highest BCUT2D eigenvalue weighted by molar-refractivity contribution is 7.89. The minimum atomic E-state index is -3.67. The molecule has 142 valence electrons. The Morgan fingerprint density at radius 3 is 2.73 bits per heavy atom. The lowest BCUT2D eigenvalue weighted by Gasteiger charge is -2.24. The largest absolute Gasteiger partial charge is 0.495 e. The number of methoxy groups -OCH3 is 2. The number of aromatic nitrogens is 1. The number of nitrogens with zero attached hydrogens (tertiary/aromatic N) is 2. The Balaban J connectivity index is 1.97. The van der Waals surface area contributed by atoms with E-state index in [4.69, 9.17) is 9.47 Å². The van der Waals surface area contributed by atoms with Crippen LogP contribution in [0.25, 0.3) is 0 Å². The second-order valence-corrected chi connectivity index (χ2v) is 8.66. The van der Waals surface area contributed by atoms with Gasteiger partial charge in [-0.2, -0.15) is 4.31 Å². The lowest BCUT2D eigenvalue weighted by atomic mass is 10.1. The van der Waals surface area contributed by atoms with Crippen LogP contribution in [0.3, 0.4) is 0 Å². The molecule has 7 heteroatoms. The topological polar surface area (TPSA) is 60.8 Å². The van der Waals surface area contributed by atoms with Crippen molar-refractivity contribution < 1.29 is 17.9 Å². The van der Waals surface area contributed by atoms with Gasteiger partial charge in [0.2, 0.25) is 10.0 Å². The maximum Gasteiger partial charge on any atom is 0.247 e. The summed E-state index contributed by atoms with van der Waals surface area (Å²) in [4.78, 5) is 0.219. The van der Waals surface area contributed by atoms with E-state index in [-0.39, 0.29) is 10.8 Å². The van der Waals surface area contributed by atoms with Crippen LogP contribution in [-0.2, 0) is 27.8 Å². The Bertz CT molecular complexity index is 860. The standard InChI is InChI=1S/C19H26N2O4S/c1-15-6-7-19(18(11-15)25-3)26(22,23)21-13-16(8-10-24-2)12-20-9-4-5-17(20)14-21/h4-7,9,11,16H,8,10,12-14H2,1-3H3/t16-/m0/s1. The summed E-state index contributed by atoms with van der Waals surface area (Å²) in [6.45, 7) is 4.14. The summed E-state index contributed by atoms with van der Waals surface area (Å²) in [7, 11) is -0.496. The average Bonchev–Trinajstić information content (AvgIpc) is 2.97. The molecule has 1 aromatic heterocycles. The number of sulfonamides is 1. The molecule has 0 N–H and O–H groups in total. The molecule has 3 rings (SSSR count). The SMILES string of the molecule is COCC[C@@H]1CN(S(=O)(=O)c2ccc(C)cc2OC)Cc2cccn2C1. The molecule has 0 amide bonds. The lowest BCUT2D eigenvalue weighted by molar-refractivity contribution is 0.167. The molecule has 0 saturated carbocycles. The smallest absolute Gasteiger partial charge is 0.247 e. The summed E-state index contributed by atoms with van der Waals surface area (Å²) >= 11 is 0. The first kappa shape index (κ1) is 18.9. The molecule has 0 saturated heterocycles. The maximum atomic E-state index is 13.4. The van der Waals surface area contributed by atoms with E-state index in [2.05, 4.69) is 4.57 Å². The van der Waals surface area contributed by atoms with Gasteiger partial charge in [-0.25, -0.2) is 8.42 Å². The van der Waals surface area contributed by atoms with Crippen LogP contribution < -0.4 is 4.74 Å². The molecular formula is C19H26N2O4S. The predicted octanol–water partition coefficient (Wildman–Crippen LogP) is 2.66. The van der Waals surface area contributed by atoms with Gasteiger partial charge in [0, 0.05) is 38.7 Å². The molecule has 1 atom stereocenters. The maximum absolute atomic E-state index is 13.4. The molecule has 0 unspecified atom stereocenters. The Morgan fingerprint density at radius 2 is 2.00 bits per heavy atom. The van der Waals surface area contributed by atoms with Crippen LogP contribution in [0.15, 0.2) is 41.4 Å². The Hall–Kier alpha value is -1.83. The van der Waals surface area contributed by atoms with Crippen molar-refractivity contribution in [1.29, 1.82) is 0 Å². The molecule has 6 nitrogen and oxygen atoms in total. The van der Waals surface area contributed by atoms with E-state index in [1.165, 1.54) is 7.11 Å². The van der Waals surface area contributed by atoms with E-state index in [9.17, 15) is 8.42 Å². The van der Waals surface area contributed by atoms with E-state index < -0.39 is 10.0 Å². The monoisotopic (exact) mass is 378 g/mol. The third kappa shape index (κ3) is 3.79. The first-order valence-corrected chi connectivity index (χ1v) is 10.2. The van der Waals surface area contributed by atoms with Crippen LogP contribution in [0.5, 0.6) is 5.75 Å². The molecular weight excluding hydrogens is 352 g/mol. The highest BCUT2D eigenvalue weighted by atomic mass is 32.2. The van der Waals surface area contributed by atoms with Crippen molar-refractivity contribution in [1.82, 2.24) is 8.87 Å². The summed E-state index contributed by atoms with van der Waals surface area (Å²) in [5.74, 6) is 0.577. The van der Waals surface area contributed by atoms with Gasteiger partial charge in [-0.15, -0.1) is 0 Å². The Morgan fingerprint density at radius 1 is 1.19 bits per heavy atom. The van der Waals surface area contributed by atoms with Crippen LogP contribution in [0, 0.1) is 12.8 Å². The second-order valence-electron chi connectivity index (χ2n) is 6.75. The van der Waals surface area contributed by atoms with Crippen molar-refractivity contribution in [3.8, 4) is 5.75 Å². The summed E-state index contributed by atoms with van der Waals surface area (Å²) in [6, 6.07) is 9.14. The number of hydrogen-bond donors (Lipinski definition) is 0. The Labute approximate surface area is 155 Å². The molecule has 0 radical (unpaired) electrons. The number of fused-ring (bicyclic) bond motifs is 1. The zero-order valence-corrected chi connectivity index (χ0v) is 16.3. The van der Waals surface area contributed by atoms with Gasteiger partial charge in [-0.3, -0.25) is 0 Å². The Kier molecular flexibility index (Phi) is 5.70. The molecule has 2 heterocycles. The lowest BCUT2D eigenvalue weighted by Crippen LogP contribution is -2.34. The van der Waals surface area contributed by atoms with Gasteiger partial charge in [0.1, 0.15) is 10.6 Å². The van der Waals surface area contributed by atoms with Crippen LogP contribution in [0.4, 0.5) is 0 Å². The molecule has 2 aromatic rings. The van der Waals surface area contributed by atoms with Gasteiger partial charge in [0.15, 0.2) is 0 Å². The molecule has 0 fully saturated rings. The summed E-state index contributed by atoms with van der Waals surface area (Å²) in [5, 5.41) is 0. The highest BCUT2D eigenvalue weighted by Crippen LogP contribution is 2.31. The van der Waals surface area contributed by atoms with Crippen molar-refractivity contribution in [3.05, 3.63) is 47.8 Å². The van der Waals surface area contributed by atoms with Crippen molar-refractivity contribution in [2.75, 3.05) is 27.4 Å². The third-order valence-corrected chi connectivity index (χ3v) is 6.70. The second kappa shape index (κ2) is 7.82. The summed E-state index contributed by atoms with van der Waals surface area (Å²) in [5.41, 5.74) is 1.96. The average molecular weight is 378 g/mol. The van der Waals surface area contributed by atoms with Crippen molar-refractivity contribution in [2.24, 2.45) is 5.92 Å². The summed E-state index contributed by atoms with van der Waals surface area (Å²) in [6.07, 6.45) is 2.82. The normalized spacial score (nSPS) is 18.3. The third-order valence-electron chi connectivity index (χ3n) is 4.85. The van der Waals surface area contributed by atoms with Gasteiger partial charge in [-0.05, 0) is 49.1 Å². The predicted molar refractivity (Wildman–Crippen MR) is 99.7 cm³/mol. The number of hydrogen-bond acceptors (Lipinski definition) is 4.